The van der Waals surface area contributed by atoms with Crippen molar-refractivity contribution in [1.82, 2.24) is 19.2 Å². The van der Waals surface area contributed by atoms with Gasteiger partial charge in [-0.1, -0.05) is 19.9 Å². The molecule has 2 aromatic rings. The first-order valence-corrected chi connectivity index (χ1v) is 14.0. The number of rotatable bonds is 6. The number of para-hydroxylation sites is 1. The lowest BCUT2D eigenvalue weighted by Gasteiger charge is -2.36. The van der Waals surface area contributed by atoms with E-state index in [4.69, 9.17) is 10.8 Å². The number of carboxylic acids is 1. The number of aromatic nitrogens is 2. The van der Waals surface area contributed by atoms with E-state index in [9.17, 15) is 13.2 Å². The zero-order valence-corrected chi connectivity index (χ0v) is 21.4. The van der Waals surface area contributed by atoms with Crippen LogP contribution in [0.25, 0.3) is 11.0 Å². The van der Waals surface area contributed by atoms with Crippen LogP contribution in [0.3, 0.4) is 0 Å². The van der Waals surface area contributed by atoms with Crippen LogP contribution < -0.4 is 5.73 Å². The summed E-state index contributed by atoms with van der Waals surface area (Å²) in [5.41, 5.74) is 7.27. The van der Waals surface area contributed by atoms with Crippen molar-refractivity contribution in [3.8, 4) is 0 Å². The Labute approximate surface area is 202 Å². The zero-order chi connectivity index (χ0) is 24.9. The molecular weight excluding hydrogens is 454 g/mol. The minimum absolute atomic E-state index is 0.246. The van der Waals surface area contributed by atoms with Crippen LogP contribution in [0.2, 0.25) is 0 Å². The van der Waals surface area contributed by atoms with Gasteiger partial charge < -0.3 is 20.7 Å². The molecular formula is C24H39N5O4S. The summed E-state index contributed by atoms with van der Waals surface area (Å²) in [4.78, 5) is 20.9. The third-order valence-corrected chi connectivity index (χ3v) is 8.21. The number of sulfonamides is 1. The molecule has 34 heavy (non-hydrogen) atoms. The molecule has 10 heteroatoms. The Kier molecular flexibility index (Phi) is 9.08. The van der Waals surface area contributed by atoms with Crippen LogP contribution in [-0.4, -0.2) is 84.2 Å². The predicted octanol–water partition coefficient (Wildman–Crippen LogP) is 2.71. The lowest BCUT2D eigenvalue weighted by Crippen LogP contribution is -2.43. The van der Waals surface area contributed by atoms with Gasteiger partial charge in [-0.05, 0) is 69.3 Å². The van der Waals surface area contributed by atoms with Gasteiger partial charge in [-0.3, -0.25) is 0 Å². The Hall–Kier alpha value is -2.01. The number of benzene rings is 1. The Balaban J connectivity index is 0.000000196. The number of fused-ring (bicyclic) bond motifs is 1. The van der Waals surface area contributed by atoms with Crippen LogP contribution in [0.15, 0.2) is 18.2 Å². The Morgan fingerprint density at radius 1 is 1.15 bits per heavy atom. The third-order valence-electron chi connectivity index (χ3n) is 6.91. The van der Waals surface area contributed by atoms with Gasteiger partial charge in [0.2, 0.25) is 10.0 Å². The van der Waals surface area contributed by atoms with E-state index in [1.807, 2.05) is 19.9 Å². The molecule has 0 spiro atoms. The summed E-state index contributed by atoms with van der Waals surface area (Å²) in [7, 11) is -2.99. The standard InChI is InChI=1S/C13H27N3O2S.C11H12N2O2/c1-19(17,18)16-8-4-13(5-9-16)11-15-6-2-12(10-14)3-7-15;1-6(2)10-12-8-5-3-4-7(11(14)15)9(8)13-10/h12-13H,2-11,14H2,1H3;3-6H,1-2H3,(H,12,13)(H,14,15). The van der Waals surface area contributed by atoms with Crippen LogP contribution in [-0.2, 0) is 10.0 Å². The van der Waals surface area contributed by atoms with Gasteiger partial charge in [-0.2, -0.15) is 0 Å². The van der Waals surface area contributed by atoms with Gasteiger partial charge >= 0.3 is 5.97 Å². The van der Waals surface area contributed by atoms with Gasteiger partial charge in [0.25, 0.3) is 0 Å². The average molecular weight is 494 g/mol. The smallest absolute Gasteiger partial charge is 0.337 e. The number of imidazole rings is 1. The monoisotopic (exact) mass is 493 g/mol. The Bertz CT molecular complexity index is 1050. The molecule has 1 aromatic carbocycles. The summed E-state index contributed by atoms with van der Waals surface area (Å²) in [5.74, 6) is 1.51. The summed E-state index contributed by atoms with van der Waals surface area (Å²) in [6, 6.07) is 5.12. The van der Waals surface area contributed by atoms with Crippen molar-refractivity contribution in [2.24, 2.45) is 17.6 Å². The summed E-state index contributed by atoms with van der Waals surface area (Å²) in [5, 5.41) is 8.98. The van der Waals surface area contributed by atoms with Crippen molar-refractivity contribution in [1.29, 1.82) is 0 Å². The molecule has 0 saturated carbocycles. The SMILES string of the molecule is CC(C)c1nc2c(C(=O)O)cccc2[nH]1.CS(=O)(=O)N1CCC(CN2CCC(CN)CC2)CC1. The fourth-order valence-corrected chi connectivity index (χ4v) is 5.56. The molecule has 9 nitrogen and oxygen atoms in total. The summed E-state index contributed by atoms with van der Waals surface area (Å²) >= 11 is 0. The molecule has 190 valence electrons. The van der Waals surface area contributed by atoms with E-state index < -0.39 is 16.0 Å². The number of H-pyrrole nitrogens is 1. The highest BCUT2D eigenvalue weighted by atomic mass is 32.2. The van der Waals surface area contributed by atoms with E-state index in [0.29, 0.717) is 30.4 Å². The highest BCUT2D eigenvalue weighted by molar-refractivity contribution is 7.88. The van der Waals surface area contributed by atoms with E-state index in [1.165, 1.54) is 19.1 Å². The molecule has 0 aliphatic carbocycles. The number of nitrogens with zero attached hydrogens (tertiary/aromatic N) is 3. The highest BCUT2D eigenvalue weighted by Gasteiger charge is 2.27. The number of hydrogen-bond donors (Lipinski definition) is 3. The molecule has 0 unspecified atom stereocenters. The van der Waals surface area contributed by atoms with Crippen molar-refractivity contribution in [3.05, 3.63) is 29.6 Å². The number of aromatic amines is 1. The number of piperidine rings is 2. The first-order valence-electron chi connectivity index (χ1n) is 12.2. The molecule has 4 rings (SSSR count). The van der Waals surface area contributed by atoms with Crippen molar-refractivity contribution in [3.63, 3.8) is 0 Å². The second kappa shape index (κ2) is 11.6. The summed E-state index contributed by atoms with van der Waals surface area (Å²) in [6.45, 7) is 9.69. The molecule has 4 N–H and O–H groups in total. The fraction of sp³-hybridized carbons (Fsp3) is 0.667. The molecule has 0 bridgehead atoms. The number of carboxylic acid groups (broad SMARTS) is 1. The minimum Gasteiger partial charge on any atom is -0.478 e. The van der Waals surface area contributed by atoms with Crippen molar-refractivity contribution < 1.29 is 18.3 Å². The van der Waals surface area contributed by atoms with Crippen molar-refractivity contribution >= 4 is 27.0 Å². The summed E-state index contributed by atoms with van der Waals surface area (Å²) in [6.07, 6.45) is 5.76. The lowest BCUT2D eigenvalue weighted by atomic mass is 9.93. The number of nitrogens with two attached hydrogens (primary N) is 1. The van der Waals surface area contributed by atoms with Gasteiger partial charge in [0.1, 0.15) is 11.3 Å². The summed E-state index contributed by atoms with van der Waals surface area (Å²) < 4.78 is 24.5. The molecule has 2 saturated heterocycles. The third kappa shape index (κ3) is 7.00. The van der Waals surface area contributed by atoms with E-state index in [-0.39, 0.29) is 11.5 Å². The first-order chi connectivity index (χ1) is 16.1. The predicted molar refractivity (Wildman–Crippen MR) is 135 cm³/mol. The molecule has 2 aliphatic rings. The largest absolute Gasteiger partial charge is 0.478 e. The van der Waals surface area contributed by atoms with E-state index in [0.717, 1.165) is 50.4 Å². The average Bonchev–Trinajstić information content (AvgIpc) is 3.25. The minimum atomic E-state index is -2.99. The van der Waals surface area contributed by atoms with Gasteiger partial charge in [0, 0.05) is 25.6 Å². The maximum absolute atomic E-state index is 11.5. The lowest BCUT2D eigenvalue weighted by molar-refractivity contribution is 0.0699. The molecule has 3 heterocycles. The quantitative estimate of drug-likeness (QED) is 0.563. The molecule has 2 fully saturated rings. The van der Waals surface area contributed by atoms with Crippen LogP contribution in [0.1, 0.15) is 61.6 Å². The maximum atomic E-state index is 11.5. The zero-order valence-electron chi connectivity index (χ0n) is 20.5. The van der Waals surface area contributed by atoms with Crippen molar-refractivity contribution in [2.45, 2.75) is 45.4 Å². The highest BCUT2D eigenvalue weighted by Crippen LogP contribution is 2.23. The molecule has 2 aliphatic heterocycles. The molecule has 1 aromatic heterocycles. The van der Waals surface area contributed by atoms with Crippen molar-refractivity contribution in [2.75, 3.05) is 45.5 Å². The number of hydrogen-bond acceptors (Lipinski definition) is 6. The Morgan fingerprint density at radius 3 is 2.29 bits per heavy atom. The van der Waals surface area contributed by atoms with Crippen LogP contribution >= 0.6 is 0 Å². The van der Waals surface area contributed by atoms with Gasteiger partial charge in [-0.25, -0.2) is 22.5 Å². The number of nitrogens with one attached hydrogen (secondary N) is 1. The Morgan fingerprint density at radius 2 is 1.76 bits per heavy atom. The second-order valence-electron chi connectivity index (χ2n) is 9.87. The van der Waals surface area contributed by atoms with E-state index >= 15 is 0 Å². The van der Waals surface area contributed by atoms with Gasteiger partial charge in [-0.15, -0.1) is 0 Å². The van der Waals surface area contributed by atoms with Crippen LogP contribution in [0, 0.1) is 11.8 Å². The first kappa shape index (κ1) is 26.6. The maximum Gasteiger partial charge on any atom is 0.337 e. The van der Waals surface area contributed by atoms with E-state index in [1.54, 1.807) is 16.4 Å². The molecule has 0 atom stereocenters. The number of likely N-dealkylation sites (tertiary alicyclic amines) is 1. The van der Waals surface area contributed by atoms with Crippen LogP contribution in [0.4, 0.5) is 0 Å². The second-order valence-corrected chi connectivity index (χ2v) is 11.9. The fourth-order valence-electron chi connectivity index (χ4n) is 4.69. The molecule has 0 amide bonds. The van der Waals surface area contributed by atoms with Gasteiger partial charge in [0.15, 0.2) is 0 Å². The van der Waals surface area contributed by atoms with E-state index in [2.05, 4.69) is 14.9 Å². The number of aromatic carboxylic acids is 1. The number of carbonyl (C=O) groups is 1. The normalized spacial score (nSPS) is 19.3. The topological polar surface area (TPSA) is 133 Å². The van der Waals surface area contributed by atoms with Gasteiger partial charge in [0.05, 0.1) is 17.3 Å². The van der Waals surface area contributed by atoms with Crippen LogP contribution in [0.5, 0.6) is 0 Å². The molecule has 0 radical (unpaired) electrons.